The number of hydrogen-bond donors (Lipinski definition) is 0. The van der Waals surface area contributed by atoms with Gasteiger partial charge in [0.15, 0.2) is 0 Å². The number of aryl methyl sites for hydroxylation is 1. The average molecular weight is 810 g/mol. The second kappa shape index (κ2) is 16.8. The minimum absolute atomic E-state index is 0.0598. The Morgan fingerprint density at radius 2 is 0.905 bits per heavy atom. The van der Waals surface area contributed by atoms with E-state index in [0.717, 1.165) is 30.0 Å². The van der Waals surface area contributed by atoms with Gasteiger partial charge in [0.1, 0.15) is 11.5 Å². The largest absolute Gasteiger partial charge is 0.458 e. The zero-order chi connectivity index (χ0) is 42.1. The molecule has 0 fully saturated rings. The zero-order valence-electron chi connectivity index (χ0n) is 35.7. The number of rotatable bonds is 11. The smallest absolute Gasteiger partial charge is 0.256 e. The first-order chi connectivity index (χ1) is 31.2. The Bertz CT molecular complexity index is 3000. The Morgan fingerprint density at radius 3 is 1.46 bits per heavy atom. The maximum atomic E-state index is 7.18. The molecule has 0 unspecified atom stereocenters. The first kappa shape index (κ1) is 38.6. The van der Waals surface area contributed by atoms with Crippen LogP contribution in [-0.2, 0) is 6.42 Å². The molecule has 9 aromatic rings. The van der Waals surface area contributed by atoms with E-state index in [-0.39, 0.29) is 6.71 Å². The van der Waals surface area contributed by atoms with E-state index < -0.39 is 0 Å². The summed E-state index contributed by atoms with van der Waals surface area (Å²) in [5, 5.41) is 0. The number of fused-ring (bicyclic) bond motifs is 4. The predicted octanol–water partition coefficient (Wildman–Crippen LogP) is 14.5. The van der Waals surface area contributed by atoms with Gasteiger partial charge in [-0.15, -0.1) is 0 Å². The van der Waals surface area contributed by atoms with E-state index in [9.17, 15) is 0 Å². The van der Waals surface area contributed by atoms with Gasteiger partial charge in [0.2, 0.25) is 0 Å². The van der Waals surface area contributed by atoms with Crippen molar-refractivity contribution in [3.63, 3.8) is 0 Å². The molecule has 63 heavy (non-hydrogen) atoms. The lowest BCUT2D eigenvalue weighted by molar-refractivity contribution is 0.486. The molecule has 2 aliphatic rings. The van der Waals surface area contributed by atoms with Gasteiger partial charge in [-0.05, 0) is 116 Å². The summed E-state index contributed by atoms with van der Waals surface area (Å²) >= 11 is 0. The Balaban J connectivity index is 1.24. The van der Waals surface area contributed by atoms with Crippen molar-refractivity contribution < 1.29 is 4.74 Å². The highest BCUT2D eigenvalue weighted by Crippen LogP contribution is 2.51. The van der Waals surface area contributed by atoms with Crippen LogP contribution in [0.5, 0.6) is 11.5 Å². The molecule has 0 aliphatic carbocycles. The van der Waals surface area contributed by atoms with Crippen LogP contribution in [0.2, 0.25) is 0 Å². The number of ether oxygens (including phenoxy) is 1. The highest BCUT2D eigenvalue weighted by atomic mass is 16.5. The third-order valence-electron chi connectivity index (χ3n) is 13.0. The summed E-state index contributed by atoms with van der Waals surface area (Å²) in [6, 6.07) is 78.0. The van der Waals surface area contributed by atoms with Gasteiger partial charge in [0.05, 0.1) is 5.69 Å². The molecule has 2 nitrogen and oxygen atoms in total. The molecule has 302 valence electrons. The SMILES string of the molecule is CCCCCCc1cc2c3c(c1)N(c1c(-c4ccccc4)cc(-c4ccccc4)cc1-c1ccccc1)c1ccc(-c4ccccc4)cc1B3c1cc(-c3ccccc3)ccc1O2. The van der Waals surface area contributed by atoms with Crippen LogP contribution in [0.25, 0.3) is 55.6 Å². The van der Waals surface area contributed by atoms with Crippen molar-refractivity contribution >= 4 is 40.2 Å². The van der Waals surface area contributed by atoms with E-state index in [1.807, 2.05) is 0 Å². The molecule has 0 atom stereocenters. The molecule has 0 radical (unpaired) electrons. The molecule has 11 rings (SSSR count). The van der Waals surface area contributed by atoms with Gasteiger partial charge in [-0.1, -0.05) is 202 Å². The van der Waals surface area contributed by atoms with Gasteiger partial charge < -0.3 is 9.64 Å². The van der Waals surface area contributed by atoms with Crippen LogP contribution in [0.1, 0.15) is 38.2 Å². The van der Waals surface area contributed by atoms with Gasteiger partial charge in [-0.25, -0.2) is 0 Å². The van der Waals surface area contributed by atoms with Crippen LogP contribution in [0, 0.1) is 0 Å². The van der Waals surface area contributed by atoms with Gasteiger partial charge in [-0.3, -0.25) is 0 Å². The van der Waals surface area contributed by atoms with Crippen LogP contribution >= 0.6 is 0 Å². The third-order valence-corrected chi connectivity index (χ3v) is 13.0. The Kier molecular flexibility index (Phi) is 10.3. The van der Waals surface area contributed by atoms with Crippen molar-refractivity contribution in [1.29, 1.82) is 0 Å². The lowest BCUT2D eigenvalue weighted by atomic mass is 9.34. The summed E-state index contributed by atoms with van der Waals surface area (Å²) in [5.41, 5.74) is 20.4. The van der Waals surface area contributed by atoms with Crippen LogP contribution in [0.15, 0.2) is 212 Å². The van der Waals surface area contributed by atoms with Crippen molar-refractivity contribution in [3.05, 3.63) is 218 Å². The molecular weight excluding hydrogens is 761 g/mol. The quantitative estimate of drug-likeness (QED) is 0.0953. The van der Waals surface area contributed by atoms with E-state index in [1.54, 1.807) is 0 Å². The number of unbranched alkanes of at least 4 members (excludes halogenated alkanes) is 3. The molecule has 0 aromatic heterocycles. The average Bonchev–Trinajstić information content (AvgIpc) is 3.36. The number of nitrogens with zero attached hydrogens (tertiary/aromatic N) is 1. The Hall–Kier alpha value is -7.36. The lowest BCUT2D eigenvalue weighted by Crippen LogP contribution is -2.59. The van der Waals surface area contributed by atoms with Gasteiger partial charge in [-0.2, -0.15) is 0 Å². The molecule has 0 spiro atoms. The molecule has 3 heteroatoms. The minimum atomic E-state index is -0.0598. The Labute approximate surface area is 372 Å². The molecule has 0 saturated heterocycles. The van der Waals surface area contributed by atoms with E-state index in [1.165, 1.54) is 108 Å². The standard InChI is InChI=1S/C60H48BNO/c1-2-3-4-10-21-42-36-56-59-58(37-42)63-57-35-33-49(44-24-13-6-14-25-44)41-54(57)61(59)53-40-48(43-22-11-5-12-23-43)32-34-55(53)62(56)60-51(46-28-17-8-18-29-46)38-50(45-26-15-7-16-27-45)39-52(60)47-30-19-9-20-31-47/h5-9,11-20,22-41H,2-4,10,21H2,1H3. The van der Waals surface area contributed by atoms with Crippen molar-refractivity contribution in [2.45, 2.75) is 39.0 Å². The van der Waals surface area contributed by atoms with Crippen molar-refractivity contribution in [1.82, 2.24) is 0 Å². The summed E-state index contributed by atoms with van der Waals surface area (Å²) in [6.07, 6.45) is 5.79. The van der Waals surface area contributed by atoms with E-state index >= 15 is 0 Å². The van der Waals surface area contributed by atoms with E-state index in [0.29, 0.717) is 0 Å². The van der Waals surface area contributed by atoms with Gasteiger partial charge in [0, 0.05) is 22.5 Å². The van der Waals surface area contributed by atoms with Gasteiger partial charge in [0.25, 0.3) is 6.71 Å². The van der Waals surface area contributed by atoms with E-state index in [4.69, 9.17) is 4.74 Å². The lowest BCUT2D eigenvalue weighted by Gasteiger charge is -2.42. The molecule has 2 heterocycles. The second-order valence-corrected chi connectivity index (χ2v) is 17.0. The predicted molar refractivity (Wildman–Crippen MR) is 267 cm³/mol. The van der Waals surface area contributed by atoms with Crippen LogP contribution in [0.4, 0.5) is 17.1 Å². The van der Waals surface area contributed by atoms with Crippen molar-refractivity contribution in [2.75, 3.05) is 4.90 Å². The molecular formula is C60H48BNO. The van der Waals surface area contributed by atoms with Crippen LogP contribution in [-0.4, -0.2) is 6.71 Å². The first-order valence-electron chi connectivity index (χ1n) is 22.6. The fourth-order valence-corrected chi connectivity index (χ4v) is 9.92. The monoisotopic (exact) mass is 809 g/mol. The highest BCUT2D eigenvalue weighted by Gasteiger charge is 2.43. The van der Waals surface area contributed by atoms with Crippen molar-refractivity contribution in [3.8, 4) is 67.1 Å². The molecule has 9 aromatic carbocycles. The zero-order valence-corrected chi connectivity index (χ0v) is 35.7. The minimum Gasteiger partial charge on any atom is -0.458 e. The number of hydrogen-bond acceptors (Lipinski definition) is 2. The first-order valence-corrected chi connectivity index (χ1v) is 22.6. The third kappa shape index (κ3) is 7.24. The van der Waals surface area contributed by atoms with Crippen LogP contribution < -0.4 is 26.0 Å². The normalized spacial score (nSPS) is 12.3. The van der Waals surface area contributed by atoms with Crippen LogP contribution in [0.3, 0.4) is 0 Å². The summed E-state index contributed by atoms with van der Waals surface area (Å²) in [4.78, 5) is 2.60. The fraction of sp³-hybridized carbons (Fsp3) is 0.100. The number of benzene rings is 9. The molecule has 2 aliphatic heterocycles. The summed E-state index contributed by atoms with van der Waals surface area (Å²) in [7, 11) is 0. The van der Waals surface area contributed by atoms with Crippen molar-refractivity contribution in [2.24, 2.45) is 0 Å². The molecule has 0 bridgehead atoms. The second-order valence-electron chi connectivity index (χ2n) is 17.0. The summed E-state index contributed by atoms with van der Waals surface area (Å²) in [5.74, 6) is 1.88. The maximum Gasteiger partial charge on any atom is 0.256 e. The molecule has 0 N–H and O–H groups in total. The van der Waals surface area contributed by atoms with Gasteiger partial charge >= 0.3 is 0 Å². The fourth-order valence-electron chi connectivity index (χ4n) is 9.92. The summed E-state index contributed by atoms with van der Waals surface area (Å²) in [6.45, 7) is 2.23. The maximum absolute atomic E-state index is 7.18. The topological polar surface area (TPSA) is 12.5 Å². The molecule has 0 saturated carbocycles. The van der Waals surface area contributed by atoms with E-state index in [2.05, 4.69) is 224 Å². The highest BCUT2D eigenvalue weighted by molar-refractivity contribution is 6.99. The summed E-state index contributed by atoms with van der Waals surface area (Å²) < 4.78 is 7.18. The Morgan fingerprint density at radius 1 is 0.397 bits per heavy atom. The molecule has 0 amide bonds. The number of anilines is 3.